The molecule has 0 N–H and O–H groups in total. The van der Waals surface area contributed by atoms with E-state index in [2.05, 4.69) is 11.5 Å². The highest BCUT2D eigenvalue weighted by molar-refractivity contribution is 5.55. The van der Waals surface area contributed by atoms with E-state index in [0.29, 0.717) is 0 Å². The molecule has 0 bridgehead atoms. The minimum absolute atomic E-state index is 0.0744. The van der Waals surface area contributed by atoms with Gasteiger partial charge in [-0.25, -0.2) is 0 Å². The second-order valence-electron chi connectivity index (χ2n) is 4.55. The molecule has 0 atom stereocenters. The van der Waals surface area contributed by atoms with Gasteiger partial charge >= 0.3 is 0 Å². The van der Waals surface area contributed by atoms with Crippen molar-refractivity contribution in [1.29, 1.82) is 0 Å². The van der Waals surface area contributed by atoms with Crippen molar-refractivity contribution in [2.24, 2.45) is 5.92 Å². The van der Waals surface area contributed by atoms with Crippen LogP contribution in [0.4, 0.5) is 0 Å². The molecule has 0 amide bonds. The highest BCUT2D eigenvalue weighted by Gasteiger charge is 2.17. The van der Waals surface area contributed by atoms with Gasteiger partial charge in [0, 0.05) is 35.5 Å². The largest absolute Gasteiger partial charge is 0.349 e. The minimum atomic E-state index is -0.289. The van der Waals surface area contributed by atoms with E-state index < -0.39 is 0 Å². The van der Waals surface area contributed by atoms with Gasteiger partial charge in [0.15, 0.2) is 0 Å². The molecule has 1 aromatic rings. The lowest BCUT2D eigenvalue weighted by atomic mass is 10.1. The average molecular weight is 236 g/mol. The van der Waals surface area contributed by atoms with Gasteiger partial charge in [-0.15, -0.1) is 0 Å². The molecule has 0 aliphatic heterocycles. The third-order valence-corrected chi connectivity index (χ3v) is 3.03. The fourth-order valence-corrected chi connectivity index (χ4v) is 2.05. The van der Waals surface area contributed by atoms with Gasteiger partial charge < -0.3 is 4.57 Å². The van der Waals surface area contributed by atoms with Crippen molar-refractivity contribution in [3.63, 3.8) is 0 Å². The van der Waals surface area contributed by atoms with Crippen molar-refractivity contribution >= 4 is 6.08 Å². The van der Waals surface area contributed by atoms with Crippen molar-refractivity contribution in [2.75, 3.05) is 0 Å². The maximum Gasteiger partial charge on any atom is 0.249 e. The maximum atomic E-state index is 10.9. The Balaban J connectivity index is 3.25. The molecule has 0 aliphatic carbocycles. The predicted octanol–water partition coefficient (Wildman–Crippen LogP) is 3.40. The van der Waals surface area contributed by atoms with Gasteiger partial charge in [-0.3, -0.25) is 10.1 Å². The summed E-state index contributed by atoms with van der Waals surface area (Å²) in [6.45, 7) is 10.7. The van der Waals surface area contributed by atoms with Crippen LogP contribution in [0.15, 0.2) is 11.8 Å². The van der Waals surface area contributed by atoms with Crippen LogP contribution >= 0.6 is 0 Å². The van der Waals surface area contributed by atoms with E-state index in [1.807, 2.05) is 33.8 Å². The van der Waals surface area contributed by atoms with Crippen LogP contribution in [0.3, 0.4) is 0 Å². The summed E-state index contributed by atoms with van der Waals surface area (Å²) in [5, 5.41) is 10.9. The molecule has 0 saturated heterocycles. The number of aromatic nitrogens is 1. The van der Waals surface area contributed by atoms with Crippen molar-refractivity contribution in [3.8, 4) is 0 Å². The van der Waals surface area contributed by atoms with Crippen LogP contribution in [0.5, 0.6) is 0 Å². The SMILES string of the molecule is CCn1c(C)cc(/C=C(/C(C)C)[N+](=O)[O-])c1C. The fraction of sp³-hybridized carbons (Fsp3) is 0.538. The number of nitrogens with zero attached hydrogens (tertiary/aromatic N) is 2. The Morgan fingerprint density at radius 1 is 1.53 bits per heavy atom. The third-order valence-electron chi connectivity index (χ3n) is 3.03. The normalized spacial score (nSPS) is 12.2. The zero-order valence-corrected chi connectivity index (χ0v) is 11.2. The molecule has 0 fully saturated rings. The van der Waals surface area contributed by atoms with E-state index >= 15 is 0 Å². The lowest BCUT2D eigenvalue weighted by Gasteiger charge is -2.05. The topological polar surface area (TPSA) is 48.1 Å². The molecule has 4 nitrogen and oxygen atoms in total. The molecule has 0 radical (unpaired) electrons. The van der Waals surface area contributed by atoms with Crippen LogP contribution in [0.25, 0.3) is 6.08 Å². The Kier molecular flexibility index (Phi) is 4.10. The molecule has 1 rings (SSSR count). The summed E-state index contributed by atoms with van der Waals surface area (Å²) in [4.78, 5) is 10.7. The van der Waals surface area contributed by atoms with Crippen LogP contribution in [-0.4, -0.2) is 9.49 Å². The Labute approximate surface area is 102 Å². The van der Waals surface area contributed by atoms with E-state index in [1.165, 1.54) is 0 Å². The molecule has 0 unspecified atom stereocenters. The quantitative estimate of drug-likeness (QED) is 0.594. The number of allylic oxidation sites excluding steroid dienone is 1. The molecule has 0 saturated carbocycles. The van der Waals surface area contributed by atoms with Crippen LogP contribution in [0.2, 0.25) is 0 Å². The average Bonchev–Trinajstić information content (AvgIpc) is 2.49. The lowest BCUT2D eigenvalue weighted by Crippen LogP contribution is -2.05. The van der Waals surface area contributed by atoms with Gasteiger partial charge in [-0.05, 0) is 26.8 Å². The Morgan fingerprint density at radius 3 is 2.47 bits per heavy atom. The van der Waals surface area contributed by atoms with E-state index in [0.717, 1.165) is 23.5 Å². The second-order valence-corrected chi connectivity index (χ2v) is 4.55. The smallest absolute Gasteiger partial charge is 0.249 e. The predicted molar refractivity (Wildman–Crippen MR) is 69.4 cm³/mol. The first kappa shape index (κ1) is 13.5. The summed E-state index contributed by atoms with van der Waals surface area (Å²) in [6.07, 6.45) is 1.69. The van der Waals surface area contributed by atoms with Crippen molar-refractivity contribution in [3.05, 3.63) is 38.8 Å². The molecule has 1 aromatic heterocycles. The van der Waals surface area contributed by atoms with Crippen LogP contribution in [0, 0.1) is 29.9 Å². The molecule has 0 aromatic carbocycles. The zero-order valence-electron chi connectivity index (χ0n) is 11.2. The third kappa shape index (κ3) is 2.75. The second kappa shape index (κ2) is 5.17. The summed E-state index contributed by atoms with van der Waals surface area (Å²) < 4.78 is 2.16. The Morgan fingerprint density at radius 2 is 2.12 bits per heavy atom. The fourth-order valence-electron chi connectivity index (χ4n) is 2.05. The molecule has 1 heterocycles. The molecule has 0 spiro atoms. The van der Waals surface area contributed by atoms with Gasteiger partial charge in [0.1, 0.15) is 0 Å². The van der Waals surface area contributed by atoms with E-state index in [1.54, 1.807) is 6.08 Å². The first-order chi connectivity index (χ1) is 7.88. The van der Waals surface area contributed by atoms with Crippen molar-refractivity contribution < 1.29 is 4.92 Å². The molecule has 94 valence electrons. The van der Waals surface area contributed by atoms with E-state index in [4.69, 9.17) is 0 Å². The van der Waals surface area contributed by atoms with E-state index in [9.17, 15) is 10.1 Å². The van der Waals surface area contributed by atoms with Crippen LogP contribution in [-0.2, 0) is 6.54 Å². The number of aryl methyl sites for hydroxylation is 1. The highest BCUT2D eigenvalue weighted by atomic mass is 16.6. The molecule has 17 heavy (non-hydrogen) atoms. The molecular weight excluding hydrogens is 216 g/mol. The zero-order chi connectivity index (χ0) is 13.2. The number of nitro groups is 1. The van der Waals surface area contributed by atoms with Gasteiger partial charge in [0.05, 0.1) is 4.92 Å². The maximum absolute atomic E-state index is 10.9. The molecule has 0 aliphatic rings. The number of hydrogen-bond donors (Lipinski definition) is 0. The summed E-state index contributed by atoms with van der Waals surface area (Å²) in [5.41, 5.74) is 3.44. The van der Waals surface area contributed by atoms with Crippen molar-refractivity contribution in [2.45, 2.75) is 41.2 Å². The van der Waals surface area contributed by atoms with Crippen LogP contribution in [0.1, 0.15) is 37.7 Å². The molecular formula is C13H20N2O2. The summed E-state index contributed by atoms with van der Waals surface area (Å²) in [6, 6.07) is 2.00. The minimum Gasteiger partial charge on any atom is -0.349 e. The monoisotopic (exact) mass is 236 g/mol. The van der Waals surface area contributed by atoms with Crippen LogP contribution < -0.4 is 0 Å². The highest BCUT2D eigenvalue weighted by Crippen LogP contribution is 2.21. The van der Waals surface area contributed by atoms with Gasteiger partial charge in [-0.1, -0.05) is 13.8 Å². The summed E-state index contributed by atoms with van der Waals surface area (Å²) in [7, 11) is 0. The summed E-state index contributed by atoms with van der Waals surface area (Å²) in [5.74, 6) is -0.0744. The Hall–Kier alpha value is -1.58. The lowest BCUT2D eigenvalue weighted by molar-refractivity contribution is -0.431. The summed E-state index contributed by atoms with van der Waals surface area (Å²) >= 11 is 0. The van der Waals surface area contributed by atoms with E-state index in [-0.39, 0.29) is 16.5 Å². The number of hydrogen-bond acceptors (Lipinski definition) is 2. The first-order valence-corrected chi connectivity index (χ1v) is 5.91. The number of rotatable bonds is 4. The first-order valence-electron chi connectivity index (χ1n) is 5.91. The van der Waals surface area contributed by atoms with Gasteiger partial charge in [0.25, 0.3) is 0 Å². The molecule has 4 heteroatoms. The Bertz CT molecular complexity index is 456. The van der Waals surface area contributed by atoms with Gasteiger partial charge in [0.2, 0.25) is 5.70 Å². The standard InChI is InChI=1S/C13H20N2O2/c1-6-14-10(4)7-12(11(14)5)8-13(9(2)3)15(16)17/h7-9H,6H2,1-5H3/b13-8-. The van der Waals surface area contributed by atoms with Gasteiger partial charge in [-0.2, -0.15) is 0 Å². The van der Waals surface area contributed by atoms with Crippen molar-refractivity contribution in [1.82, 2.24) is 4.57 Å².